The van der Waals surface area contributed by atoms with Gasteiger partial charge in [0.1, 0.15) is 5.82 Å². The van der Waals surface area contributed by atoms with E-state index < -0.39 is 0 Å². The van der Waals surface area contributed by atoms with Gasteiger partial charge in [-0.05, 0) is 19.4 Å². The number of benzene rings is 2. The number of nitrogens with one attached hydrogen (secondary N) is 1. The summed E-state index contributed by atoms with van der Waals surface area (Å²) in [6.07, 6.45) is 0.140. The van der Waals surface area contributed by atoms with Crippen LogP contribution in [0.2, 0.25) is 0 Å². The van der Waals surface area contributed by atoms with Gasteiger partial charge in [0.15, 0.2) is 5.78 Å². The maximum Gasteiger partial charge on any atom is 0.230 e. The van der Waals surface area contributed by atoms with Crippen LogP contribution in [0.4, 0.5) is 11.9 Å². The maximum atomic E-state index is 12.6. The number of rotatable bonds is 9. The molecule has 144 valence electrons. The van der Waals surface area contributed by atoms with E-state index in [4.69, 9.17) is 0 Å². The Labute approximate surface area is 165 Å². The highest BCUT2D eigenvalue weighted by Crippen LogP contribution is 2.14. The van der Waals surface area contributed by atoms with Gasteiger partial charge < -0.3 is 10.2 Å². The van der Waals surface area contributed by atoms with Crippen molar-refractivity contribution in [3.8, 4) is 0 Å². The molecule has 0 aliphatic carbocycles. The van der Waals surface area contributed by atoms with Gasteiger partial charge in [-0.15, -0.1) is 0 Å². The Bertz CT molecular complexity index is 895. The third-order valence-electron chi connectivity index (χ3n) is 4.42. The van der Waals surface area contributed by atoms with Crippen LogP contribution in [0.1, 0.15) is 35.6 Å². The summed E-state index contributed by atoms with van der Waals surface area (Å²) < 4.78 is 0. The summed E-state index contributed by atoms with van der Waals surface area (Å²) >= 11 is 0. The lowest BCUT2D eigenvalue weighted by molar-refractivity contribution is 0.0991. The van der Waals surface area contributed by atoms with Gasteiger partial charge >= 0.3 is 0 Å². The molecule has 0 atom stereocenters. The molecular weight excluding hydrogens is 350 g/mol. The molecule has 0 amide bonds. The largest absolute Gasteiger partial charge is 0.350 e. The first-order chi connectivity index (χ1) is 13.7. The van der Waals surface area contributed by atoms with Crippen molar-refractivity contribution in [2.75, 3.05) is 23.3 Å². The molecular formula is C22H25N5O. The van der Waals surface area contributed by atoms with E-state index in [0.29, 0.717) is 29.8 Å². The molecule has 0 saturated carbocycles. The number of Topliss-reactive ketones (excluding diaryl/α,β-unsaturated/α-hetero) is 1. The van der Waals surface area contributed by atoms with Gasteiger partial charge in [-0.3, -0.25) is 4.79 Å². The van der Waals surface area contributed by atoms with Gasteiger partial charge in [-0.25, -0.2) is 0 Å². The minimum absolute atomic E-state index is 0.00805. The molecule has 0 saturated heterocycles. The monoisotopic (exact) mass is 375 g/mol. The molecule has 0 spiro atoms. The van der Waals surface area contributed by atoms with Crippen molar-refractivity contribution in [3.05, 3.63) is 77.6 Å². The molecule has 0 bridgehead atoms. The van der Waals surface area contributed by atoms with Crippen molar-refractivity contribution >= 4 is 17.7 Å². The molecule has 28 heavy (non-hydrogen) atoms. The molecule has 3 aromatic rings. The number of carbonyl (C=O) groups is 1. The summed E-state index contributed by atoms with van der Waals surface area (Å²) in [5, 5.41) is 3.26. The highest BCUT2D eigenvalue weighted by Gasteiger charge is 2.15. The molecule has 0 aliphatic rings. The van der Waals surface area contributed by atoms with Crippen LogP contribution < -0.4 is 10.2 Å². The molecule has 1 heterocycles. The van der Waals surface area contributed by atoms with Crippen molar-refractivity contribution in [1.29, 1.82) is 0 Å². The van der Waals surface area contributed by atoms with Crippen LogP contribution >= 0.6 is 0 Å². The molecule has 1 N–H and O–H groups in total. The standard InChI is InChI=1S/C22H25N5O/c1-3-27(4-2)22-25-20(15-19(28)18-13-9-6-10-14-18)24-21(26-22)23-16-17-11-7-5-8-12-17/h5-14H,3-4,15-16H2,1-2H3,(H,23,24,25,26). The number of aromatic nitrogens is 3. The summed E-state index contributed by atoms with van der Waals surface area (Å²) in [7, 11) is 0. The zero-order valence-corrected chi connectivity index (χ0v) is 16.3. The van der Waals surface area contributed by atoms with Gasteiger partial charge in [0.2, 0.25) is 11.9 Å². The first-order valence-electron chi connectivity index (χ1n) is 9.55. The van der Waals surface area contributed by atoms with Crippen LogP contribution in [0, 0.1) is 0 Å². The number of hydrogen-bond donors (Lipinski definition) is 1. The number of carbonyl (C=O) groups excluding carboxylic acids is 1. The fourth-order valence-corrected chi connectivity index (χ4v) is 2.86. The van der Waals surface area contributed by atoms with Gasteiger partial charge in [0.05, 0.1) is 6.42 Å². The highest BCUT2D eigenvalue weighted by atomic mass is 16.1. The van der Waals surface area contributed by atoms with Crippen molar-refractivity contribution in [2.45, 2.75) is 26.8 Å². The van der Waals surface area contributed by atoms with E-state index >= 15 is 0 Å². The molecule has 2 aromatic carbocycles. The Morgan fingerprint density at radius 3 is 2.18 bits per heavy atom. The Kier molecular flexibility index (Phi) is 6.68. The molecule has 6 nitrogen and oxygen atoms in total. The fourth-order valence-electron chi connectivity index (χ4n) is 2.86. The summed E-state index contributed by atoms with van der Waals surface area (Å²) in [4.78, 5) is 28.2. The van der Waals surface area contributed by atoms with E-state index in [1.165, 1.54) is 0 Å². The molecule has 1 aromatic heterocycles. The third-order valence-corrected chi connectivity index (χ3v) is 4.42. The summed E-state index contributed by atoms with van der Waals surface area (Å²) in [5.41, 5.74) is 1.79. The van der Waals surface area contributed by atoms with Crippen molar-refractivity contribution in [1.82, 2.24) is 15.0 Å². The van der Waals surface area contributed by atoms with Crippen LogP contribution in [0.25, 0.3) is 0 Å². The van der Waals surface area contributed by atoms with Gasteiger partial charge in [-0.1, -0.05) is 60.7 Å². The normalized spacial score (nSPS) is 10.5. The van der Waals surface area contributed by atoms with E-state index in [1.807, 2.05) is 65.6 Å². The van der Waals surface area contributed by atoms with Gasteiger partial charge in [0, 0.05) is 25.2 Å². The Morgan fingerprint density at radius 2 is 1.54 bits per heavy atom. The van der Waals surface area contributed by atoms with E-state index in [0.717, 1.165) is 18.7 Å². The topological polar surface area (TPSA) is 71.0 Å². The molecule has 0 fully saturated rings. The fraction of sp³-hybridized carbons (Fsp3) is 0.273. The maximum absolute atomic E-state index is 12.6. The molecule has 0 unspecified atom stereocenters. The van der Waals surface area contributed by atoms with Crippen molar-refractivity contribution in [3.63, 3.8) is 0 Å². The van der Waals surface area contributed by atoms with Crippen LogP contribution in [-0.2, 0) is 13.0 Å². The zero-order chi connectivity index (χ0) is 19.8. The Balaban J connectivity index is 1.83. The summed E-state index contributed by atoms with van der Waals surface area (Å²) in [5.74, 6) is 1.54. The molecule has 0 radical (unpaired) electrons. The van der Waals surface area contributed by atoms with Crippen molar-refractivity contribution < 1.29 is 4.79 Å². The quantitative estimate of drug-likeness (QED) is 0.574. The first kappa shape index (κ1) is 19.5. The molecule has 0 aliphatic heterocycles. The number of ketones is 1. The number of anilines is 2. The van der Waals surface area contributed by atoms with E-state index in [-0.39, 0.29) is 12.2 Å². The zero-order valence-electron chi connectivity index (χ0n) is 16.3. The minimum Gasteiger partial charge on any atom is -0.350 e. The molecule has 3 rings (SSSR count). The highest BCUT2D eigenvalue weighted by molar-refractivity contribution is 5.97. The van der Waals surface area contributed by atoms with Gasteiger partial charge in [-0.2, -0.15) is 15.0 Å². The first-order valence-corrected chi connectivity index (χ1v) is 9.55. The average molecular weight is 375 g/mol. The molecule has 6 heteroatoms. The number of nitrogens with zero attached hydrogens (tertiary/aromatic N) is 4. The SMILES string of the molecule is CCN(CC)c1nc(CC(=O)c2ccccc2)nc(NCc2ccccc2)n1. The predicted molar refractivity (Wildman–Crippen MR) is 112 cm³/mol. The lowest BCUT2D eigenvalue weighted by atomic mass is 10.1. The van der Waals surface area contributed by atoms with Crippen LogP contribution in [-0.4, -0.2) is 33.8 Å². The average Bonchev–Trinajstić information content (AvgIpc) is 2.74. The lowest BCUT2D eigenvalue weighted by Crippen LogP contribution is -2.26. The lowest BCUT2D eigenvalue weighted by Gasteiger charge is -2.19. The second-order valence-corrected chi connectivity index (χ2v) is 6.35. The number of hydrogen-bond acceptors (Lipinski definition) is 6. The predicted octanol–water partition coefficient (Wildman–Crippen LogP) is 3.76. The smallest absolute Gasteiger partial charge is 0.230 e. The van der Waals surface area contributed by atoms with Crippen LogP contribution in [0.5, 0.6) is 0 Å². The van der Waals surface area contributed by atoms with Crippen LogP contribution in [0.15, 0.2) is 60.7 Å². The summed E-state index contributed by atoms with van der Waals surface area (Å²) in [6, 6.07) is 19.3. The Morgan fingerprint density at radius 1 is 0.893 bits per heavy atom. The Hall–Kier alpha value is -3.28. The third kappa shape index (κ3) is 5.13. The van der Waals surface area contributed by atoms with Crippen LogP contribution in [0.3, 0.4) is 0 Å². The van der Waals surface area contributed by atoms with Gasteiger partial charge in [0.25, 0.3) is 0 Å². The second-order valence-electron chi connectivity index (χ2n) is 6.35. The van der Waals surface area contributed by atoms with E-state index in [9.17, 15) is 4.79 Å². The minimum atomic E-state index is -0.00805. The van der Waals surface area contributed by atoms with E-state index in [2.05, 4.69) is 34.1 Å². The van der Waals surface area contributed by atoms with E-state index in [1.54, 1.807) is 0 Å². The second kappa shape index (κ2) is 9.60. The van der Waals surface area contributed by atoms with Crippen molar-refractivity contribution in [2.24, 2.45) is 0 Å². The summed E-state index contributed by atoms with van der Waals surface area (Å²) in [6.45, 7) is 6.28.